The van der Waals surface area contributed by atoms with Crippen molar-refractivity contribution in [1.82, 2.24) is 0 Å². The zero-order valence-electron chi connectivity index (χ0n) is 15.3. The average molecular weight is 391 g/mol. The summed E-state index contributed by atoms with van der Waals surface area (Å²) in [6.07, 6.45) is 0. The Morgan fingerprint density at radius 1 is 1.11 bits per heavy atom. The fourth-order valence-corrected chi connectivity index (χ4v) is 2.44. The van der Waals surface area contributed by atoms with Crippen LogP contribution in [-0.2, 0) is 9.59 Å². The molecule has 0 fully saturated rings. The Labute approximate surface area is 160 Å². The van der Waals surface area contributed by atoms with Gasteiger partial charge in [-0.05, 0) is 36.4 Å². The van der Waals surface area contributed by atoms with Crippen LogP contribution in [0.1, 0.15) is 0 Å². The van der Waals surface area contributed by atoms with Crippen molar-refractivity contribution in [2.45, 2.75) is 0 Å². The number of carbonyl (C=O) groups excluding carboxylic acids is 2. The topological polar surface area (TPSA) is 115 Å². The van der Waals surface area contributed by atoms with Gasteiger partial charge in [-0.25, -0.2) is 4.39 Å². The summed E-state index contributed by atoms with van der Waals surface area (Å²) in [7, 11) is 3.01. The second kappa shape index (κ2) is 9.42. The van der Waals surface area contributed by atoms with Crippen molar-refractivity contribution in [3.8, 4) is 5.75 Å². The lowest BCUT2D eigenvalue weighted by Crippen LogP contribution is -3.11. The molecule has 0 saturated carbocycles. The number of quaternary nitrogens is 1. The molecule has 0 bridgehead atoms. The molecule has 0 aliphatic rings. The first kappa shape index (κ1) is 20.8. The van der Waals surface area contributed by atoms with Crippen LogP contribution in [0.4, 0.5) is 21.5 Å². The van der Waals surface area contributed by atoms with Gasteiger partial charge in [0.15, 0.2) is 13.1 Å². The largest absolute Gasteiger partial charge is 0.496 e. The number of nitrogens with zero attached hydrogens (tertiary/aromatic N) is 1. The van der Waals surface area contributed by atoms with Gasteiger partial charge in [0.25, 0.3) is 17.5 Å². The van der Waals surface area contributed by atoms with E-state index < -0.39 is 16.6 Å². The molecule has 1 atom stereocenters. The van der Waals surface area contributed by atoms with Crippen molar-refractivity contribution in [3.05, 3.63) is 58.4 Å². The Balaban J connectivity index is 1.91. The minimum atomic E-state index is -0.620. The van der Waals surface area contributed by atoms with Crippen LogP contribution in [0.5, 0.6) is 5.75 Å². The Hall–Kier alpha value is -3.53. The molecule has 10 heteroatoms. The van der Waals surface area contributed by atoms with E-state index in [1.807, 2.05) is 0 Å². The van der Waals surface area contributed by atoms with Gasteiger partial charge in [-0.3, -0.25) is 19.7 Å². The molecule has 0 aliphatic heterocycles. The monoisotopic (exact) mass is 391 g/mol. The summed E-state index contributed by atoms with van der Waals surface area (Å²) in [5, 5.41) is 16.2. The van der Waals surface area contributed by atoms with Crippen molar-refractivity contribution in [2.24, 2.45) is 0 Å². The quantitative estimate of drug-likeness (QED) is 0.456. The number of nitrogens with one attached hydrogen (secondary N) is 3. The molecular weight excluding hydrogens is 371 g/mol. The molecule has 2 aromatic rings. The molecule has 148 valence electrons. The van der Waals surface area contributed by atoms with Crippen LogP contribution in [-0.4, -0.2) is 44.0 Å². The minimum Gasteiger partial charge on any atom is -0.496 e. The first-order chi connectivity index (χ1) is 13.3. The van der Waals surface area contributed by atoms with Gasteiger partial charge in [0.1, 0.15) is 17.3 Å². The lowest BCUT2D eigenvalue weighted by Gasteiger charge is -2.14. The van der Waals surface area contributed by atoms with Crippen molar-refractivity contribution in [1.29, 1.82) is 0 Å². The van der Waals surface area contributed by atoms with Crippen LogP contribution >= 0.6 is 0 Å². The van der Waals surface area contributed by atoms with Crippen molar-refractivity contribution >= 4 is 28.9 Å². The highest BCUT2D eigenvalue weighted by atomic mass is 19.1. The molecule has 3 N–H and O–H groups in total. The summed E-state index contributed by atoms with van der Waals surface area (Å²) in [6, 6.07) is 9.39. The molecule has 0 radical (unpaired) electrons. The summed E-state index contributed by atoms with van der Waals surface area (Å²) in [6.45, 7) is -0.102. The Morgan fingerprint density at radius 2 is 1.71 bits per heavy atom. The second-order valence-corrected chi connectivity index (χ2v) is 6.05. The van der Waals surface area contributed by atoms with Gasteiger partial charge in [-0.1, -0.05) is 0 Å². The van der Waals surface area contributed by atoms with E-state index in [-0.39, 0.29) is 30.4 Å². The van der Waals surface area contributed by atoms with Crippen LogP contribution in [0, 0.1) is 15.9 Å². The zero-order valence-corrected chi connectivity index (χ0v) is 15.3. The standard InChI is InChI=1S/C18H19FN4O5/c1-22(10-17(24)20-13-5-3-12(19)4-6-13)11-18(25)21-15-8-7-14(28-2)9-16(15)23(26)27/h3-9H,10-11H2,1-2H3,(H,20,24)(H,21,25)/p+1. The molecule has 28 heavy (non-hydrogen) atoms. The number of anilines is 2. The third-order valence-corrected chi connectivity index (χ3v) is 3.73. The van der Waals surface area contributed by atoms with E-state index in [0.29, 0.717) is 16.3 Å². The normalized spacial score (nSPS) is 11.4. The maximum absolute atomic E-state index is 12.9. The predicted molar refractivity (Wildman–Crippen MR) is 99.9 cm³/mol. The molecule has 9 nitrogen and oxygen atoms in total. The molecule has 2 amide bonds. The summed E-state index contributed by atoms with van der Waals surface area (Å²) in [5.41, 5.74) is 0.191. The number of benzene rings is 2. The fourth-order valence-electron chi connectivity index (χ4n) is 2.44. The molecule has 0 aromatic heterocycles. The van der Waals surface area contributed by atoms with E-state index in [2.05, 4.69) is 10.6 Å². The number of rotatable bonds is 8. The smallest absolute Gasteiger partial charge is 0.296 e. The lowest BCUT2D eigenvalue weighted by atomic mass is 10.2. The second-order valence-electron chi connectivity index (χ2n) is 6.05. The highest BCUT2D eigenvalue weighted by Crippen LogP contribution is 2.28. The Bertz CT molecular complexity index is 873. The van der Waals surface area contributed by atoms with Crippen LogP contribution < -0.4 is 20.3 Å². The molecule has 0 spiro atoms. The Morgan fingerprint density at radius 3 is 2.29 bits per heavy atom. The van der Waals surface area contributed by atoms with Gasteiger partial charge < -0.3 is 20.3 Å². The summed E-state index contributed by atoms with van der Waals surface area (Å²) in [5.74, 6) is -0.956. The van der Waals surface area contributed by atoms with Gasteiger partial charge in [0.2, 0.25) is 0 Å². The number of nitro groups is 1. The van der Waals surface area contributed by atoms with Crippen LogP contribution in [0.15, 0.2) is 42.5 Å². The van der Waals surface area contributed by atoms with Gasteiger partial charge in [0.05, 0.1) is 25.1 Å². The Kier molecular flexibility index (Phi) is 6.99. The van der Waals surface area contributed by atoms with E-state index in [9.17, 15) is 24.1 Å². The highest BCUT2D eigenvalue weighted by molar-refractivity contribution is 5.94. The van der Waals surface area contributed by atoms with Gasteiger partial charge >= 0.3 is 0 Å². The van der Waals surface area contributed by atoms with Crippen molar-refractivity contribution in [2.75, 3.05) is 37.9 Å². The maximum Gasteiger partial charge on any atom is 0.296 e. The van der Waals surface area contributed by atoms with Crippen LogP contribution in [0.2, 0.25) is 0 Å². The molecule has 0 aliphatic carbocycles. The third kappa shape index (κ3) is 6.02. The number of ether oxygens (including phenoxy) is 1. The number of hydrogen-bond acceptors (Lipinski definition) is 5. The summed E-state index contributed by atoms with van der Waals surface area (Å²) in [4.78, 5) is 35.3. The number of carbonyl (C=O) groups is 2. The predicted octanol–water partition coefficient (Wildman–Crippen LogP) is 0.834. The number of nitro benzene ring substituents is 1. The van der Waals surface area contributed by atoms with Gasteiger partial charge in [-0.2, -0.15) is 0 Å². The van der Waals surface area contributed by atoms with E-state index in [0.717, 1.165) is 0 Å². The SMILES string of the molecule is COc1ccc(NC(=O)C[NH+](C)CC(=O)Nc2ccc(F)cc2)c([N+](=O)[O-])c1. The van der Waals surface area contributed by atoms with Crippen molar-refractivity contribution < 1.29 is 28.5 Å². The van der Waals surface area contributed by atoms with Crippen molar-refractivity contribution in [3.63, 3.8) is 0 Å². The van der Waals surface area contributed by atoms with E-state index >= 15 is 0 Å². The van der Waals surface area contributed by atoms with Gasteiger partial charge in [-0.15, -0.1) is 0 Å². The van der Waals surface area contributed by atoms with Crippen LogP contribution in [0.25, 0.3) is 0 Å². The summed E-state index contributed by atoms with van der Waals surface area (Å²) >= 11 is 0. The third-order valence-electron chi connectivity index (χ3n) is 3.73. The highest BCUT2D eigenvalue weighted by Gasteiger charge is 2.20. The number of halogens is 1. The van der Waals surface area contributed by atoms with Crippen LogP contribution in [0.3, 0.4) is 0 Å². The molecule has 2 aromatic carbocycles. The molecule has 2 rings (SSSR count). The number of methoxy groups -OCH3 is 1. The first-order valence-corrected chi connectivity index (χ1v) is 8.27. The minimum absolute atomic E-state index is 0.0184. The van der Waals surface area contributed by atoms with E-state index in [1.165, 1.54) is 49.6 Å². The summed E-state index contributed by atoms with van der Waals surface area (Å²) < 4.78 is 17.8. The maximum atomic E-state index is 12.9. The molecular formula is C18H20FN4O5+. The number of hydrogen-bond donors (Lipinski definition) is 3. The number of likely N-dealkylation sites (N-methyl/N-ethyl adjacent to an activating group) is 1. The zero-order chi connectivity index (χ0) is 20.7. The van der Waals surface area contributed by atoms with E-state index in [4.69, 9.17) is 4.74 Å². The van der Waals surface area contributed by atoms with Gasteiger partial charge in [0, 0.05) is 5.69 Å². The molecule has 1 unspecified atom stereocenters. The molecule has 0 saturated heterocycles. The average Bonchev–Trinajstić information content (AvgIpc) is 2.63. The lowest BCUT2D eigenvalue weighted by molar-refractivity contribution is -0.862. The first-order valence-electron chi connectivity index (χ1n) is 8.27. The molecule has 0 heterocycles. The fraction of sp³-hybridized carbons (Fsp3) is 0.222. The number of amides is 2. The van der Waals surface area contributed by atoms with E-state index in [1.54, 1.807) is 7.05 Å².